The van der Waals surface area contributed by atoms with Crippen LogP contribution in [0.1, 0.15) is 0 Å². The molecule has 3 heteroatoms. The summed E-state index contributed by atoms with van der Waals surface area (Å²) in [4.78, 5) is 8.13. The van der Waals surface area contributed by atoms with Gasteiger partial charge in [0.1, 0.15) is 12.1 Å². The smallest absolute Gasteiger partial charge is 0.123 e. The van der Waals surface area contributed by atoms with Crippen LogP contribution in [0.5, 0.6) is 0 Å². The van der Waals surface area contributed by atoms with Crippen molar-refractivity contribution in [3.05, 3.63) is 60.8 Å². The fourth-order valence-electron chi connectivity index (χ4n) is 1.83. The number of rotatable bonds is 1. The number of aromatic nitrogens is 2. The molecule has 82 valence electrons. The molecule has 0 saturated heterocycles. The van der Waals surface area contributed by atoms with Crippen LogP contribution < -0.4 is 0 Å². The van der Waals surface area contributed by atoms with E-state index in [2.05, 4.69) is 9.97 Å². The molecule has 0 amide bonds. The van der Waals surface area contributed by atoms with Crippen molar-refractivity contribution >= 4 is 10.9 Å². The van der Waals surface area contributed by atoms with E-state index >= 15 is 0 Å². The summed E-state index contributed by atoms with van der Waals surface area (Å²) in [5.41, 5.74) is 2.71. The van der Waals surface area contributed by atoms with Crippen LogP contribution in [0.25, 0.3) is 22.0 Å². The predicted octanol–water partition coefficient (Wildman–Crippen LogP) is 3.44. The van der Waals surface area contributed by atoms with Gasteiger partial charge in [-0.05, 0) is 35.4 Å². The molecule has 0 unspecified atom stereocenters. The van der Waals surface area contributed by atoms with Crippen LogP contribution in [0.4, 0.5) is 4.39 Å². The van der Waals surface area contributed by atoms with Crippen molar-refractivity contribution in [2.45, 2.75) is 0 Å². The van der Waals surface area contributed by atoms with Gasteiger partial charge in [0.2, 0.25) is 0 Å². The van der Waals surface area contributed by atoms with Crippen molar-refractivity contribution in [3.8, 4) is 11.1 Å². The Hall–Kier alpha value is -2.29. The Bertz CT molecular complexity index is 680. The number of halogens is 1. The fraction of sp³-hybridized carbons (Fsp3) is 0. The second-order valence-electron chi connectivity index (χ2n) is 3.81. The van der Waals surface area contributed by atoms with Gasteiger partial charge in [-0.15, -0.1) is 0 Å². The number of nitrogens with zero attached hydrogens (tertiary/aromatic N) is 2. The van der Waals surface area contributed by atoms with Crippen molar-refractivity contribution in [2.24, 2.45) is 0 Å². The molecular formula is C14H9FN2. The van der Waals surface area contributed by atoms with E-state index in [1.165, 1.54) is 18.5 Å². The molecule has 0 spiro atoms. The van der Waals surface area contributed by atoms with Crippen molar-refractivity contribution in [1.29, 1.82) is 0 Å². The van der Waals surface area contributed by atoms with E-state index < -0.39 is 0 Å². The third kappa shape index (κ3) is 1.87. The Morgan fingerprint density at radius 2 is 1.82 bits per heavy atom. The molecule has 0 bridgehead atoms. The minimum Gasteiger partial charge on any atom is -0.244 e. The highest BCUT2D eigenvalue weighted by Gasteiger charge is 2.01. The molecule has 1 aromatic heterocycles. The van der Waals surface area contributed by atoms with Gasteiger partial charge in [0.05, 0.1) is 5.52 Å². The molecule has 3 aromatic rings. The lowest BCUT2D eigenvalue weighted by Gasteiger charge is -2.03. The maximum Gasteiger partial charge on any atom is 0.123 e. The second kappa shape index (κ2) is 3.94. The lowest BCUT2D eigenvalue weighted by atomic mass is 10.0. The maximum atomic E-state index is 13.1. The summed E-state index contributed by atoms with van der Waals surface area (Å²) in [5.74, 6) is -0.230. The van der Waals surface area contributed by atoms with Gasteiger partial charge in [-0.25, -0.2) is 14.4 Å². The molecule has 0 atom stereocenters. The minimum absolute atomic E-state index is 0.230. The van der Waals surface area contributed by atoms with Crippen LogP contribution in [-0.2, 0) is 0 Å². The third-order valence-corrected chi connectivity index (χ3v) is 2.66. The van der Waals surface area contributed by atoms with Gasteiger partial charge in [0, 0.05) is 11.6 Å². The third-order valence-electron chi connectivity index (χ3n) is 2.66. The monoisotopic (exact) mass is 224 g/mol. The van der Waals surface area contributed by atoms with Gasteiger partial charge in [-0.1, -0.05) is 18.2 Å². The summed E-state index contributed by atoms with van der Waals surface area (Å²) in [6.07, 6.45) is 3.27. The maximum absolute atomic E-state index is 13.1. The number of fused-ring (bicyclic) bond motifs is 1. The average Bonchev–Trinajstić information content (AvgIpc) is 2.38. The van der Waals surface area contributed by atoms with Crippen LogP contribution >= 0.6 is 0 Å². The van der Waals surface area contributed by atoms with Crippen molar-refractivity contribution in [1.82, 2.24) is 9.97 Å². The predicted molar refractivity (Wildman–Crippen MR) is 64.9 cm³/mol. The fourth-order valence-corrected chi connectivity index (χ4v) is 1.83. The molecule has 0 aliphatic heterocycles. The molecule has 17 heavy (non-hydrogen) atoms. The van der Waals surface area contributed by atoms with E-state index in [1.807, 2.05) is 24.3 Å². The van der Waals surface area contributed by atoms with Crippen LogP contribution in [0, 0.1) is 5.82 Å². The summed E-state index contributed by atoms with van der Waals surface area (Å²) in [6.45, 7) is 0. The van der Waals surface area contributed by atoms with Gasteiger partial charge < -0.3 is 0 Å². The van der Waals surface area contributed by atoms with Gasteiger partial charge in [-0.2, -0.15) is 0 Å². The Morgan fingerprint density at radius 1 is 0.941 bits per heavy atom. The molecule has 2 nitrogen and oxygen atoms in total. The summed E-state index contributed by atoms with van der Waals surface area (Å²) < 4.78 is 13.1. The lowest BCUT2D eigenvalue weighted by Crippen LogP contribution is -1.83. The van der Waals surface area contributed by atoms with Gasteiger partial charge >= 0.3 is 0 Å². The standard InChI is InChI=1S/C14H9FN2/c15-13-3-1-2-10(7-13)11-4-5-14-12(6-11)8-16-9-17-14/h1-9H. The Kier molecular flexibility index (Phi) is 2.29. The normalized spacial score (nSPS) is 10.6. The first-order valence-electron chi connectivity index (χ1n) is 5.29. The minimum atomic E-state index is -0.230. The Balaban J connectivity index is 2.18. The molecule has 0 N–H and O–H groups in total. The van der Waals surface area contributed by atoms with E-state index in [1.54, 1.807) is 12.3 Å². The Labute approximate surface area is 97.8 Å². The highest BCUT2D eigenvalue weighted by Crippen LogP contribution is 2.23. The van der Waals surface area contributed by atoms with E-state index in [-0.39, 0.29) is 5.82 Å². The Morgan fingerprint density at radius 3 is 2.71 bits per heavy atom. The highest BCUT2D eigenvalue weighted by atomic mass is 19.1. The topological polar surface area (TPSA) is 25.8 Å². The van der Waals surface area contributed by atoms with Crippen LogP contribution in [0.3, 0.4) is 0 Å². The number of hydrogen-bond acceptors (Lipinski definition) is 2. The molecule has 0 fully saturated rings. The van der Waals surface area contributed by atoms with Crippen molar-refractivity contribution in [2.75, 3.05) is 0 Å². The number of benzene rings is 2. The zero-order valence-corrected chi connectivity index (χ0v) is 8.97. The molecule has 2 aromatic carbocycles. The summed E-state index contributed by atoms with van der Waals surface area (Å²) in [5, 5.41) is 0.953. The van der Waals surface area contributed by atoms with Gasteiger partial charge in [-0.3, -0.25) is 0 Å². The van der Waals surface area contributed by atoms with Crippen molar-refractivity contribution in [3.63, 3.8) is 0 Å². The largest absolute Gasteiger partial charge is 0.244 e. The highest BCUT2D eigenvalue weighted by molar-refractivity contribution is 5.83. The summed E-state index contributed by atoms with van der Waals surface area (Å²) in [6, 6.07) is 12.4. The molecule has 0 aliphatic rings. The van der Waals surface area contributed by atoms with E-state index in [4.69, 9.17) is 0 Å². The average molecular weight is 224 g/mol. The zero-order chi connectivity index (χ0) is 11.7. The SMILES string of the molecule is Fc1cccc(-c2ccc3ncncc3c2)c1. The molecule has 0 saturated carbocycles. The first-order valence-corrected chi connectivity index (χ1v) is 5.29. The second-order valence-corrected chi connectivity index (χ2v) is 3.81. The quantitative estimate of drug-likeness (QED) is 0.632. The molecule has 0 radical (unpaired) electrons. The molecule has 1 heterocycles. The van der Waals surface area contributed by atoms with Crippen LogP contribution in [0.2, 0.25) is 0 Å². The van der Waals surface area contributed by atoms with Crippen molar-refractivity contribution < 1.29 is 4.39 Å². The van der Waals surface area contributed by atoms with Crippen LogP contribution in [0.15, 0.2) is 55.0 Å². The van der Waals surface area contributed by atoms with Crippen LogP contribution in [-0.4, -0.2) is 9.97 Å². The first-order chi connectivity index (χ1) is 8.33. The van der Waals surface area contributed by atoms with E-state index in [0.29, 0.717) is 0 Å². The summed E-state index contributed by atoms with van der Waals surface area (Å²) in [7, 11) is 0. The molecular weight excluding hydrogens is 215 g/mol. The molecule has 3 rings (SSSR count). The van der Waals surface area contributed by atoms with E-state index in [9.17, 15) is 4.39 Å². The lowest BCUT2D eigenvalue weighted by molar-refractivity contribution is 0.628. The first kappa shape index (κ1) is 9.90. The summed E-state index contributed by atoms with van der Waals surface area (Å²) >= 11 is 0. The molecule has 0 aliphatic carbocycles. The van der Waals surface area contributed by atoms with Gasteiger partial charge in [0.15, 0.2) is 0 Å². The zero-order valence-electron chi connectivity index (χ0n) is 8.97. The van der Waals surface area contributed by atoms with Gasteiger partial charge in [0.25, 0.3) is 0 Å². The van der Waals surface area contributed by atoms with E-state index in [0.717, 1.165) is 22.0 Å². The number of hydrogen-bond donors (Lipinski definition) is 0.